The van der Waals surface area contributed by atoms with Crippen molar-refractivity contribution in [1.82, 2.24) is 29.1 Å². The minimum Gasteiger partial charge on any atom is -0.278 e. The molecule has 0 saturated carbocycles. The van der Waals surface area contributed by atoms with E-state index >= 15 is 0 Å². The van der Waals surface area contributed by atoms with Crippen molar-refractivity contribution in [3.63, 3.8) is 0 Å². The first kappa shape index (κ1) is 63.0. The van der Waals surface area contributed by atoms with Crippen LogP contribution in [0, 0.1) is 0 Å². The molecule has 0 aliphatic heterocycles. The number of fused-ring (bicyclic) bond motifs is 6. The van der Waals surface area contributed by atoms with Crippen LogP contribution in [0.3, 0.4) is 0 Å². The van der Waals surface area contributed by atoms with Gasteiger partial charge in [0.2, 0.25) is 11.9 Å². The van der Waals surface area contributed by atoms with Crippen molar-refractivity contribution in [3.05, 3.63) is 434 Å². The lowest BCUT2D eigenvalue weighted by atomic mass is 9.59. The van der Waals surface area contributed by atoms with E-state index in [1.54, 1.807) is 0 Å². The van der Waals surface area contributed by atoms with Gasteiger partial charge in [0, 0.05) is 55.6 Å². The van der Waals surface area contributed by atoms with Gasteiger partial charge >= 0.3 is 0 Å². The highest BCUT2D eigenvalue weighted by molar-refractivity contribution is 7.20. The van der Waals surface area contributed by atoms with Crippen LogP contribution < -0.4 is 41.5 Å². The highest BCUT2D eigenvalue weighted by atomic mass is 28.3. The van der Waals surface area contributed by atoms with E-state index in [9.17, 15) is 0 Å². The number of benzene rings is 15. The molecule has 15 aromatic carbocycles. The van der Waals surface area contributed by atoms with Crippen LogP contribution in [0.5, 0.6) is 0 Å². The van der Waals surface area contributed by atoms with Crippen molar-refractivity contribution in [2.24, 2.45) is 0 Å². The Morgan fingerprint density at radius 2 is 0.481 bits per heavy atom. The fraction of sp³-hybridized carbons (Fsp3) is 0.0200. The molecule has 19 aromatic rings. The monoisotopic (exact) mass is 1410 g/mol. The minimum absolute atomic E-state index is 0.0426. The highest BCUT2D eigenvalue weighted by Gasteiger charge is 2.46. The first-order chi connectivity index (χ1) is 53.6. The molecule has 506 valence electrons. The third kappa shape index (κ3) is 9.77. The molecule has 108 heavy (non-hydrogen) atoms. The molecule has 2 bridgehead atoms. The number of para-hydroxylation sites is 2. The Bertz CT molecular complexity index is 6100. The second kappa shape index (κ2) is 25.7. The predicted molar refractivity (Wildman–Crippen MR) is 450 cm³/mol. The van der Waals surface area contributed by atoms with E-state index in [2.05, 4.69) is 410 Å². The van der Waals surface area contributed by atoms with Gasteiger partial charge in [-0.05, 0) is 111 Å². The van der Waals surface area contributed by atoms with Gasteiger partial charge in [0.05, 0.1) is 44.8 Å². The predicted octanol–water partition coefficient (Wildman–Crippen LogP) is 17.9. The Kier molecular flexibility index (Phi) is 15.0. The Labute approximate surface area is 628 Å². The first-order valence-corrected chi connectivity index (χ1v) is 41.2. The van der Waals surface area contributed by atoms with Gasteiger partial charge < -0.3 is 0 Å². The van der Waals surface area contributed by atoms with E-state index in [4.69, 9.17) is 19.9 Å². The quantitative estimate of drug-likeness (QED) is 0.0804. The molecule has 0 radical (unpaired) electrons. The molecule has 0 spiro atoms. The Morgan fingerprint density at radius 1 is 0.204 bits per heavy atom. The Hall–Kier alpha value is -13.5. The van der Waals surface area contributed by atoms with Crippen LogP contribution in [0.4, 0.5) is 0 Å². The molecule has 6 nitrogen and oxygen atoms in total. The van der Waals surface area contributed by atoms with Crippen LogP contribution in [-0.2, 0) is 0 Å². The summed E-state index contributed by atoms with van der Waals surface area (Å²) in [6, 6.07) is 148. The zero-order valence-electron chi connectivity index (χ0n) is 58.9. The van der Waals surface area contributed by atoms with Gasteiger partial charge in [-0.1, -0.05) is 364 Å². The molecule has 4 aromatic heterocycles. The summed E-state index contributed by atoms with van der Waals surface area (Å²) in [4.78, 5) is 23.0. The maximum Gasteiger partial charge on any atom is 0.235 e. The van der Waals surface area contributed by atoms with Gasteiger partial charge in [-0.3, -0.25) is 9.13 Å². The van der Waals surface area contributed by atoms with E-state index in [1.807, 2.05) is 0 Å². The van der Waals surface area contributed by atoms with E-state index in [0.29, 0.717) is 11.9 Å². The number of hydrogen-bond donors (Lipinski definition) is 0. The lowest BCUT2D eigenvalue weighted by molar-refractivity contribution is 0.767. The van der Waals surface area contributed by atoms with Crippen molar-refractivity contribution < 1.29 is 0 Å². The van der Waals surface area contributed by atoms with Crippen molar-refractivity contribution in [1.29, 1.82) is 0 Å². The van der Waals surface area contributed by atoms with E-state index in [-0.39, 0.29) is 11.8 Å². The summed E-state index contributed by atoms with van der Waals surface area (Å²) >= 11 is 0. The number of nitrogens with zero attached hydrogens (tertiary/aromatic N) is 6. The van der Waals surface area contributed by atoms with Gasteiger partial charge in [0.1, 0.15) is 0 Å². The molecule has 0 amide bonds. The SMILES string of the molecule is c1ccc(-c2cc(-c3cccc([Si](c4ccccc4)(c4ccccc4)c4ccccc4)c3)nc(-n3c4ccccc4c4c5c(ccc43)C3c4ccccc4C5c4c3ccc3c4c4ccccc4n3-c3nc(-c4ccccc4)cc(-c4cccc([Si](c5ccccc5)(c5ccccc5)c5ccccc5)c4)n3)n2)cc1. The van der Waals surface area contributed by atoms with Crippen LogP contribution in [0.1, 0.15) is 45.2 Å². The van der Waals surface area contributed by atoms with Gasteiger partial charge in [0.25, 0.3) is 0 Å². The van der Waals surface area contributed by atoms with Gasteiger partial charge in [-0.25, -0.2) is 19.9 Å². The number of rotatable bonds is 14. The lowest BCUT2D eigenvalue weighted by Gasteiger charge is -2.43. The second-order valence-electron chi connectivity index (χ2n) is 28.6. The summed E-state index contributed by atoms with van der Waals surface area (Å²) in [6.07, 6.45) is 0. The third-order valence-electron chi connectivity index (χ3n) is 23.0. The van der Waals surface area contributed by atoms with E-state index < -0.39 is 16.1 Å². The van der Waals surface area contributed by atoms with E-state index in [1.165, 1.54) is 85.6 Å². The normalized spacial score (nSPS) is 13.7. The summed E-state index contributed by atoms with van der Waals surface area (Å²) < 4.78 is 4.70. The maximum atomic E-state index is 5.81. The zero-order chi connectivity index (χ0) is 71.3. The van der Waals surface area contributed by atoms with Crippen molar-refractivity contribution in [2.45, 2.75) is 11.8 Å². The van der Waals surface area contributed by atoms with Crippen LogP contribution in [0.25, 0.3) is 101 Å². The van der Waals surface area contributed by atoms with Crippen molar-refractivity contribution in [2.75, 3.05) is 0 Å². The van der Waals surface area contributed by atoms with Crippen LogP contribution in [-0.4, -0.2) is 45.2 Å². The summed E-state index contributed by atoms with van der Waals surface area (Å²) in [5.74, 6) is 1.03. The van der Waals surface area contributed by atoms with Crippen molar-refractivity contribution in [3.8, 4) is 56.9 Å². The highest BCUT2D eigenvalue weighted by Crippen LogP contribution is 2.60. The molecule has 0 fully saturated rings. The topological polar surface area (TPSA) is 61.4 Å². The lowest BCUT2D eigenvalue weighted by Crippen LogP contribution is -2.74. The summed E-state index contributed by atoms with van der Waals surface area (Å²) in [5.41, 5.74) is 19.7. The minimum atomic E-state index is -2.92. The smallest absolute Gasteiger partial charge is 0.235 e. The van der Waals surface area contributed by atoms with Crippen LogP contribution >= 0.6 is 0 Å². The summed E-state index contributed by atoms with van der Waals surface area (Å²) in [6.45, 7) is 0. The second-order valence-corrected chi connectivity index (χ2v) is 36.2. The first-order valence-electron chi connectivity index (χ1n) is 37.2. The average Bonchev–Trinajstić information content (AvgIpc) is 1.36. The fourth-order valence-corrected chi connectivity index (χ4v) is 28.2. The molecule has 0 saturated heterocycles. The fourth-order valence-electron chi connectivity index (χ4n) is 18.6. The Balaban J connectivity index is 0.766. The number of hydrogen-bond acceptors (Lipinski definition) is 4. The molecule has 4 heterocycles. The average molecular weight is 1410 g/mol. The van der Waals surface area contributed by atoms with Gasteiger partial charge in [0.15, 0.2) is 16.1 Å². The summed E-state index contributed by atoms with van der Waals surface area (Å²) in [5, 5.41) is 15.2. The molecule has 0 unspecified atom stereocenters. The van der Waals surface area contributed by atoms with Crippen LogP contribution in [0.15, 0.2) is 400 Å². The molecule has 0 N–H and O–H groups in total. The standard InChI is InChI=1S/C100H68N6Si2/c1-9-33-67(34-10-1)85-65-87(69-37-31-51-77(63-69)107(71-39-13-3-14-40-71,72-41-15-4-16-42-72)73-43-17-5-18-44-73)103-99(101-85)105-89-57-29-27-55-81(89)94-91(105)61-59-83-93-79-53-25-26-54-80(79)96(97(83)94)98-84(93)60-62-92-95(98)82-56-28-30-58-90(82)106(92)100-102-86(68-35-11-2-12-36-68)66-88(104-100)70-38-32-52-78(64-70)108(74-45-19-6-20-46-74,75-47-21-7-22-48-75)76-49-23-8-24-50-76/h1-66,93,96H. The summed E-state index contributed by atoms with van der Waals surface area (Å²) in [7, 11) is -5.84. The molecule has 3 aliphatic rings. The third-order valence-corrected chi connectivity index (χ3v) is 32.6. The zero-order valence-corrected chi connectivity index (χ0v) is 60.9. The molecule has 8 heteroatoms. The van der Waals surface area contributed by atoms with Gasteiger partial charge in [-0.15, -0.1) is 0 Å². The van der Waals surface area contributed by atoms with Gasteiger partial charge in [-0.2, -0.15) is 0 Å². The number of aromatic nitrogens is 6. The molecule has 0 atom stereocenters. The largest absolute Gasteiger partial charge is 0.278 e. The van der Waals surface area contributed by atoms with Crippen LogP contribution in [0.2, 0.25) is 0 Å². The van der Waals surface area contributed by atoms with Crippen molar-refractivity contribution >= 4 is 101 Å². The molecular weight excluding hydrogens is 1340 g/mol. The molecule has 22 rings (SSSR count). The molecular formula is C100H68N6Si2. The van der Waals surface area contributed by atoms with E-state index in [0.717, 1.165) is 77.9 Å². The Morgan fingerprint density at radius 3 is 0.833 bits per heavy atom. The maximum absolute atomic E-state index is 5.81. The molecule has 3 aliphatic carbocycles.